The van der Waals surface area contributed by atoms with E-state index in [0.29, 0.717) is 10.7 Å². The smallest absolute Gasteiger partial charge is 0.273 e. The van der Waals surface area contributed by atoms with Gasteiger partial charge in [0.05, 0.1) is 15.1 Å². The van der Waals surface area contributed by atoms with E-state index in [4.69, 9.17) is 0 Å². The van der Waals surface area contributed by atoms with Crippen molar-refractivity contribution in [2.45, 2.75) is 20.3 Å². The highest BCUT2D eigenvalue weighted by molar-refractivity contribution is 7.22. The number of carbonyl (C=O) groups is 1. The van der Waals surface area contributed by atoms with Gasteiger partial charge in [-0.05, 0) is 37.1 Å². The van der Waals surface area contributed by atoms with Gasteiger partial charge in [0, 0.05) is 17.2 Å². The summed E-state index contributed by atoms with van der Waals surface area (Å²) in [5.41, 5.74) is 2.71. The molecule has 0 atom stereocenters. The Balaban J connectivity index is 1.87. The molecular formula is C17H15N3O3S. The zero-order valence-electron chi connectivity index (χ0n) is 13.2. The quantitative estimate of drug-likeness (QED) is 0.565. The second-order valence-electron chi connectivity index (χ2n) is 5.39. The topological polar surface area (TPSA) is 85.1 Å². The van der Waals surface area contributed by atoms with Crippen molar-refractivity contribution < 1.29 is 9.72 Å². The Morgan fingerprint density at radius 2 is 2.08 bits per heavy atom. The molecule has 0 saturated heterocycles. The number of aryl methyl sites for hydroxylation is 2. The van der Waals surface area contributed by atoms with Crippen LogP contribution in [0.5, 0.6) is 0 Å². The summed E-state index contributed by atoms with van der Waals surface area (Å²) in [6.07, 6.45) is 0.933. The normalized spacial score (nSPS) is 10.8. The Kier molecular flexibility index (Phi) is 4.26. The highest BCUT2D eigenvalue weighted by Crippen LogP contribution is 2.28. The molecule has 0 radical (unpaired) electrons. The van der Waals surface area contributed by atoms with Crippen LogP contribution in [-0.4, -0.2) is 15.8 Å². The van der Waals surface area contributed by atoms with E-state index in [-0.39, 0.29) is 11.3 Å². The molecule has 6 nitrogen and oxygen atoms in total. The van der Waals surface area contributed by atoms with Crippen molar-refractivity contribution in [1.29, 1.82) is 0 Å². The lowest BCUT2D eigenvalue weighted by molar-refractivity contribution is -0.385. The van der Waals surface area contributed by atoms with Gasteiger partial charge in [0.15, 0.2) is 5.13 Å². The lowest BCUT2D eigenvalue weighted by Crippen LogP contribution is -2.12. The number of amides is 1. The van der Waals surface area contributed by atoms with Gasteiger partial charge < -0.3 is 0 Å². The fraction of sp³-hybridized carbons (Fsp3) is 0.176. The molecule has 0 aliphatic heterocycles. The van der Waals surface area contributed by atoms with Crippen molar-refractivity contribution in [2.75, 3.05) is 5.32 Å². The van der Waals surface area contributed by atoms with Gasteiger partial charge in [-0.1, -0.05) is 30.4 Å². The summed E-state index contributed by atoms with van der Waals surface area (Å²) in [6.45, 7) is 3.72. The molecule has 1 amide bonds. The van der Waals surface area contributed by atoms with Crippen molar-refractivity contribution in [2.24, 2.45) is 0 Å². The largest absolute Gasteiger partial charge is 0.298 e. The van der Waals surface area contributed by atoms with Crippen LogP contribution in [0.1, 0.15) is 28.4 Å². The summed E-state index contributed by atoms with van der Waals surface area (Å²) in [6, 6.07) is 10.4. The third kappa shape index (κ3) is 3.11. The van der Waals surface area contributed by atoms with Gasteiger partial charge in [0.1, 0.15) is 0 Å². The molecule has 122 valence electrons. The molecule has 0 aliphatic rings. The first-order chi connectivity index (χ1) is 11.5. The summed E-state index contributed by atoms with van der Waals surface area (Å²) in [5.74, 6) is -0.409. The third-order valence-electron chi connectivity index (χ3n) is 3.75. The van der Waals surface area contributed by atoms with Crippen LogP contribution in [-0.2, 0) is 6.42 Å². The zero-order valence-corrected chi connectivity index (χ0v) is 14.0. The van der Waals surface area contributed by atoms with Gasteiger partial charge in [0.2, 0.25) is 0 Å². The Bertz CT molecular complexity index is 949. The Hall–Kier alpha value is -2.80. The highest BCUT2D eigenvalue weighted by Gasteiger charge is 2.16. The summed E-state index contributed by atoms with van der Waals surface area (Å²) < 4.78 is 1.000. The first-order valence-corrected chi connectivity index (χ1v) is 8.25. The van der Waals surface area contributed by atoms with Crippen LogP contribution in [0.4, 0.5) is 10.8 Å². The lowest BCUT2D eigenvalue weighted by Gasteiger charge is -2.03. The van der Waals surface area contributed by atoms with Gasteiger partial charge >= 0.3 is 0 Å². The predicted molar refractivity (Wildman–Crippen MR) is 94.8 cm³/mol. The molecule has 7 heteroatoms. The molecule has 24 heavy (non-hydrogen) atoms. The maximum absolute atomic E-state index is 12.3. The average Bonchev–Trinajstić information content (AvgIpc) is 2.95. The number of benzene rings is 2. The molecule has 0 fully saturated rings. The third-order valence-corrected chi connectivity index (χ3v) is 4.68. The van der Waals surface area contributed by atoms with Crippen LogP contribution in [0.3, 0.4) is 0 Å². The molecule has 3 aromatic rings. The number of rotatable bonds is 4. The van der Waals surface area contributed by atoms with Gasteiger partial charge in [0.25, 0.3) is 11.6 Å². The number of hydrogen-bond donors (Lipinski definition) is 1. The first kappa shape index (κ1) is 16.1. The number of fused-ring (bicyclic) bond motifs is 1. The molecule has 1 N–H and O–H groups in total. The number of hydrogen-bond acceptors (Lipinski definition) is 5. The fourth-order valence-electron chi connectivity index (χ4n) is 2.36. The van der Waals surface area contributed by atoms with Crippen LogP contribution in [0.25, 0.3) is 10.2 Å². The van der Waals surface area contributed by atoms with Crippen LogP contribution >= 0.6 is 11.3 Å². The van der Waals surface area contributed by atoms with E-state index in [2.05, 4.69) is 23.3 Å². The monoisotopic (exact) mass is 341 g/mol. The van der Waals surface area contributed by atoms with E-state index in [0.717, 1.165) is 16.6 Å². The molecule has 1 heterocycles. The number of nitrogens with zero attached hydrogens (tertiary/aromatic N) is 2. The molecule has 0 saturated carbocycles. The zero-order chi connectivity index (χ0) is 17.3. The van der Waals surface area contributed by atoms with E-state index in [9.17, 15) is 14.9 Å². The van der Waals surface area contributed by atoms with E-state index in [1.54, 1.807) is 19.1 Å². The SMILES string of the molecule is CCc1ccc2nc(NC(=O)c3ccc(C)c([N+](=O)[O-])c3)sc2c1. The first-order valence-electron chi connectivity index (χ1n) is 7.44. The molecule has 1 aromatic heterocycles. The second kappa shape index (κ2) is 6.37. The standard InChI is InChI=1S/C17H15N3O3S/c1-3-11-5-7-13-15(8-11)24-17(18-13)19-16(21)12-6-4-10(2)14(9-12)20(22)23/h4-9H,3H2,1-2H3,(H,18,19,21). The number of nitro groups is 1. The van der Waals surface area contributed by atoms with Crippen molar-refractivity contribution in [3.8, 4) is 0 Å². The summed E-state index contributed by atoms with van der Waals surface area (Å²) >= 11 is 1.39. The number of carbonyl (C=O) groups excluding carboxylic acids is 1. The Labute approximate surface area is 142 Å². The van der Waals surface area contributed by atoms with Crippen LogP contribution in [0.2, 0.25) is 0 Å². The highest BCUT2D eigenvalue weighted by atomic mass is 32.1. The fourth-order valence-corrected chi connectivity index (χ4v) is 3.28. The van der Waals surface area contributed by atoms with E-state index in [1.165, 1.54) is 23.0 Å². The number of aromatic nitrogens is 1. The second-order valence-corrected chi connectivity index (χ2v) is 6.42. The molecule has 3 rings (SSSR count). The van der Waals surface area contributed by atoms with E-state index < -0.39 is 10.8 Å². The van der Waals surface area contributed by atoms with Crippen molar-refractivity contribution >= 4 is 38.3 Å². The van der Waals surface area contributed by atoms with Gasteiger partial charge in [-0.2, -0.15) is 0 Å². The predicted octanol–water partition coefficient (Wildman–Crippen LogP) is 4.33. The summed E-state index contributed by atoms with van der Waals surface area (Å²) in [4.78, 5) is 27.2. The van der Waals surface area contributed by atoms with Crippen LogP contribution in [0, 0.1) is 17.0 Å². The number of nitrogens with one attached hydrogen (secondary N) is 1. The minimum Gasteiger partial charge on any atom is -0.298 e. The maximum atomic E-state index is 12.3. The number of thiazole rings is 1. The van der Waals surface area contributed by atoms with Gasteiger partial charge in [-0.25, -0.2) is 4.98 Å². The van der Waals surface area contributed by atoms with Gasteiger partial charge in [-0.15, -0.1) is 0 Å². The van der Waals surface area contributed by atoms with Crippen molar-refractivity contribution in [3.63, 3.8) is 0 Å². The Morgan fingerprint density at radius 3 is 2.79 bits per heavy atom. The minimum atomic E-state index is -0.490. The van der Waals surface area contributed by atoms with Gasteiger partial charge in [-0.3, -0.25) is 20.2 Å². The molecule has 0 unspecified atom stereocenters. The molecule has 0 bridgehead atoms. The number of nitro benzene ring substituents is 1. The maximum Gasteiger partial charge on any atom is 0.273 e. The summed E-state index contributed by atoms with van der Waals surface area (Å²) in [7, 11) is 0. The Morgan fingerprint density at radius 1 is 1.29 bits per heavy atom. The molecule has 0 aliphatic carbocycles. The minimum absolute atomic E-state index is 0.0699. The summed E-state index contributed by atoms with van der Waals surface area (Å²) in [5, 5.41) is 14.2. The van der Waals surface area contributed by atoms with Crippen LogP contribution < -0.4 is 5.32 Å². The molecule has 0 spiro atoms. The van der Waals surface area contributed by atoms with Crippen molar-refractivity contribution in [3.05, 3.63) is 63.2 Å². The lowest BCUT2D eigenvalue weighted by atomic mass is 10.1. The van der Waals surface area contributed by atoms with E-state index >= 15 is 0 Å². The number of anilines is 1. The molecular weight excluding hydrogens is 326 g/mol. The van der Waals surface area contributed by atoms with Crippen LogP contribution in [0.15, 0.2) is 36.4 Å². The average molecular weight is 341 g/mol. The van der Waals surface area contributed by atoms with Crippen molar-refractivity contribution in [1.82, 2.24) is 4.98 Å². The van der Waals surface area contributed by atoms with E-state index in [1.807, 2.05) is 12.1 Å². The molecule has 2 aromatic carbocycles.